The van der Waals surface area contributed by atoms with Crippen molar-refractivity contribution < 1.29 is 26.1 Å². The van der Waals surface area contributed by atoms with Crippen LogP contribution in [0.4, 0.5) is 18.9 Å². The van der Waals surface area contributed by atoms with E-state index in [0.29, 0.717) is 16.3 Å². The third-order valence-corrected chi connectivity index (χ3v) is 7.44. The molecule has 0 amide bonds. The van der Waals surface area contributed by atoms with Crippen molar-refractivity contribution >= 4 is 27.0 Å². The number of halogens is 3. The quantitative estimate of drug-likeness (QED) is 0.556. The van der Waals surface area contributed by atoms with Crippen LogP contribution in [0.25, 0.3) is 11.3 Å². The molecule has 2 atom stereocenters. The van der Waals surface area contributed by atoms with Crippen LogP contribution in [0, 0.1) is 0 Å². The summed E-state index contributed by atoms with van der Waals surface area (Å²) in [4.78, 5) is 0.505. The first-order valence-electron chi connectivity index (χ1n) is 8.44. The Morgan fingerprint density at radius 2 is 1.86 bits per heavy atom. The summed E-state index contributed by atoms with van der Waals surface area (Å²) >= 11 is 0.927. The Balaban J connectivity index is 1.46. The molecule has 1 fully saturated rings. The maximum atomic E-state index is 12.8. The number of nitrogens with zero attached hydrogens (tertiary/aromatic N) is 1. The topological polar surface area (TPSA) is 96.3 Å². The Hall–Kier alpha value is -2.41. The van der Waals surface area contributed by atoms with E-state index in [0.717, 1.165) is 16.9 Å². The lowest BCUT2D eigenvalue weighted by molar-refractivity contribution is -0.153. The first kappa shape index (κ1) is 19.9. The average Bonchev–Trinajstić information content (AvgIpc) is 3.40. The van der Waals surface area contributed by atoms with E-state index in [4.69, 9.17) is 4.52 Å². The van der Waals surface area contributed by atoms with Crippen molar-refractivity contribution in [3.63, 3.8) is 0 Å². The number of hydrazine groups is 1. The maximum Gasteiger partial charge on any atom is 0.405 e. The van der Waals surface area contributed by atoms with Gasteiger partial charge in [0, 0.05) is 22.2 Å². The summed E-state index contributed by atoms with van der Waals surface area (Å²) < 4.78 is 71.1. The molecule has 1 aliphatic heterocycles. The van der Waals surface area contributed by atoms with Crippen LogP contribution in [0.1, 0.15) is 17.3 Å². The highest BCUT2D eigenvalue weighted by molar-refractivity contribution is 7.94. The number of aromatic nitrogens is 1. The first-order valence-corrected chi connectivity index (χ1v) is 10.7. The summed E-state index contributed by atoms with van der Waals surface area (Å²) in [5, 5.41) is 3.62. The van der Waals surface area contributed by atoms with E-state index >= 15 is 0 Å². The van der Waals surface area contributed by atoms with Crippen molar-refractivity contribution in [1.29, 1.82) is 0 Å². The van der Waals surface area contributed by atoms with Gasteiger partial charge in [-0.25, -0.2) is 19.3 Å². The van der Waals surface area contributed by atoms with Crippen LogP contribution in [-0.4, -0.2) is 25.8 Å². The second-order valence-electron chi connectivity index (χ2n) is 6.39. The zero-order valence-corrected chi connectivity index (χ0v) is 16.2. The van der Waals surface area contributed by atoms with Crippen molar-refractivity contribution in [2.75, 3.05) is 4.72 Å². The molecule has 2 unspecified atom stereocenters. The Morgan fingerprint density at radius 3 is 2.48 bits per heavy atom. The van der Waals surface area contributed by atoms with Crippen molar-refractivity contribution in [3.8, 4) is 11.3 Å². The number of rotatable bonds is 5. The van der Waals surface area contributed by atoms with Gasteiger partial charge in [0.15, 0.2) is 5.76 Å². The summed E-state index contributed by atoms with van der Waals surface area (Å²) in [6.45, 7) is 0. The van der Waals surface area contributed by atoms with Crippen LogP contribution < -0.4 is 15.6 Å². The molecule has 0 bridgehead atoms. The number of hydrogen-bond acceptors (Lipinski definition) is 7. The fraction of sp³-hybridized carbons (Fsp3) is 0.235. The molecule has 4 rings (SSSR count). The summed E-state index contributed by atoms with van der Waals surface area (Å²) in [5.74, 6) is 0.553. The van der Waals surface area contributed by atoms with Gasteiger partial charge in [0.1, 0.15) is 10.3 Å². The highest BCUT2D eigenvalue weighted by atomic mass is 32.2. The zero-order valence-electron chi connectivity index (χ0n) is 14.6. The molecule has 0 saturated carbocycles. The van der Waals surface area contributed by atoms with Gasteiger partial charge < -0.3 is 4.52 Å². The highest BCUT2D eigenvalue weighted by Gasteiger charge is 2.44. The molecule has 0 aliphatic carbocycles. The number of sulfonamides is 1. The summed E-state index contributed by atoms with van der Waals surface area (Å²) in [5.41, 5.74) is 5.87. The molecule has 1 saturated heterocycles. The minimum Gasteiger partial charge on any atom is -0.356 e. The predicted molar refractivity (Wildman–Crippen MR) is 101 cm³/mol. The van der Waals surface area contributed by atoms with E-state index < -0.39 is 28.3 Å². The van der Waals surface area contributed by atoms with Crippen molar-refractivity contribution in [3.05, 3.63) is 53.5 Å². The zero-order chi connectivity index (χ0) is 20.6. The molecule has 29 heavy (non-hydrogen) atoms. The summed E-state index contributed by atoms with van der Waals surface area (Å²) in [6.07, 6.45) is -3.07. The first-order chi connectivity index (χ1) is 13.7. The molecular formula is C17H15F3N4O3S2. The maximum absolute atomic E-state index is 12.8. The molecule has 3 aromatic rings. The van der Waals surface area contributed by atoms with Gasteiger partial charge in [-0.1, -0.05) is 5.16 Å². The third-order valence-electron chi connectivity index (χ3n) is 4.37. The van der Waals surface area contributed by atoms with Gasteiger partial charge in [-0.3, -0.25) is 4.72 Å². The lowest BCUT2D eigenvalue weighted by Gasteiger charge is -2.12. The minimum atomic E-state index is -4.37. The van der Waals surface area contributed by atoms with Crippen LogP contribution in [0.15, 0.2) is 57.4 Å². The van der Waals surface area contributed by atoms with E-state index in [2.05, 4.69) is 20.7 Å². The van der Waals surface area contributed by atoms with Crippen LogP contribution in [-0.2, 0) is 10.0 Å². The largest absolute Gasteiger partial charge is 0.405 e. The normalized spacial score (nSPS) is 20.1. The molecule has 0 radical (unpaired) electrons. The summed E-state index contributed by atoms with van der Waals surface area (Å²) in [7, 11) is -3.87. The van der Waals surface area contributed by atoms with Gasteiger partial charge >= 0.3 is 6.18 Å². The molecule has 2 aromatic heterocycles. The smallest absolute Gasteiger partial charge is 0.356 e. The second kappa shape index (κ2) is 7.44. The molecule has 7 nitrogen and oxygen atoms in total. The van der Waals surface area contributed by atoms with Crippen LogP contribution in [0.2, 0.25) is 0 Å². The Kier molecular flexibility index (Phi) is 5.11. The average molecular weight is 444 g/mol. The van der Waals surface area contributed by atoms with Crippen molar-refractivity contribution in [2.45, 2.75) is 28.9 Å². The van der Waals surface area contributed by atoms with Crippen LogP contribution in [0.5, 0.6) is 0 Å². The van der Waals surface area contributed by atoms with Gasteiger partial charge in [0.25, 0.3) is 10.0 Å². The number of hydrogen-bond donors (Lipinski definition) is 3. The van der Waals surface area contributed by atoms with E-state index in [1.165, 1.54) is 18.3 Å². The number of thiophene rings is 1. The SMILES string of the molecule is O=S(=O)(Nc1ccc(-c2ccno2)cc1)c1ccc(C2CC(C(F)(F)F)NN2)s1. The van der Waals surface area contributed by atoms with E-state index in [-0.39, 0.29) is 10.6 Å². The standard InChI is InChI=1S/C17H15F3N4O3S2/c18-17(19,20)15-9-12(22-23-15)14-5-6-16(28-14)29(25,26)24-11-3-1-10(2-4-11)13-7-8-21-27-13/h1-8,12,15,22-24H,9H2. The molecule has 3 N–H and O–H groups in total. The molecular weight excluding hydrogens is 429 g/mol. The van der Waals surface area contributed by atoms with Gasteiger partial charge in [-0.2, -0.15) is 13.2 Å². The van der Waals surface area contributed by atoms with Crippen molar-refractivity contribution in [2.24, 2.45) is 0 Å². The molecule has 0 spiro atoms. The lowest BCUT2D eigenvalue weighted by atomic mass is 10.1. The summed E-state index contributed by atoms with van der Waals surface area (Å²) in [6, 6.07) is 8.83. The van der Waals surface area contributed by atoms with Crippen LogP contribution in [0.3, 0.4) is 0 Å². The second-order valence-corrected chi connectivity index (χ2v) is 9.41. The minimum absolute atomic E-state index is 0.0177. The van der Waals surface area contributed by atoms with Gasteiger partial charge in [0.05, 0.1) is 12.2 Å². The monoisotopic (exact) mass is 444 g/mol. The Labute approximate surface area is 167 Å². The third kappa shape index (κ3) is 4.29. The van der Waals surface area contributed by atoms with E-state index in [9.17, 15) is 21.6 Å². The van der Waals surface area contributed by atoms with Gasteiger partial charge in [-0.05, 0) is 42.8 Å². The fourth-order valence-electron chi connectivity index (χ4n) is 2.90. The van der Waals surface area contributed by atoms with Gasteiger partial charge in [-0.15, -0.1) is 11.3 Å². The number of anilines is 1. The Morgan fingerprint density at radius 1 is 1.10 bits per heavy atom. The van der Waals surface area contributed by atoms with Crippen LogP contribution >= 0.6 is 11.3 Å². The number of alkyl halides is 3. The lowest BCUT2D eigenvalue weighted by Crippen LogP contribution is -2.40. The number of benzene rings is 1. The predicted octanol–water partition coefficient (Wildman–Crippen LogP) is 3.67. The Bertz CT molecular complexity index is 1080. The van der Waals surface area contributed by atoms with Crippen molar-refractivity contribution in [1.82, 2.24) is 16.0 Å². The molecule has 12 heteroatoms. The van der Waals surface area contributed by atoms with E-state index in [1.54, 1.807) is 30.3 Å². The molecule has 3 heterocycles. The fourth-order valence-corrected chi connectivity index (χ4v) is 5.34. The number of nitrogens with one attached hydrogen (secondary N) is 3. The van der Waals surface area contributed by atoms with E-state index in [1.807, 2.05) is 0 Å². The molecule has 154 valence electrons. The highest BCUT2D eigenvalue weighted by Crippen LogP contribution is 2.35. The van der Waals surface area contributed by atoms with Gasteiger partial charge in [0.2, 0.25) is 0 Å². The molecule has 1 aliphatic rings. The molecule has 1 aromatic carbocycles.